The molecule has 9 aromatic carbocycles. The van der Waals surface area contributed by atoms with E-state index < -0.39 is 262 Å². The van der Waals surface area contributed by atoms with E-state index in [2.05, 4.69) is 0 Å². The monoisotopic (exact) mass is 690 g/mol. The number of rotatable bonds is 3. The fourth-order valence-electron chi connectivity index (χ4n) is 7.04. The van der Waals surface area contributed by atoms with Gasteiger partial charge in [-0.3, -0.25) is 0 Å². The van der Waals surface area contributed by atoms with Crippen LogP contribution >= 0.6 is 0 Å². The molecule has 0 aliphatic heterocycles. The van der Waals surface area contributed by atoms with Crippen molar-refractivity contribution in [3.05, 3.63) is 180 Å². The number of furan rings is 1. The van der Waals surface area contributed by atoms with Crippen LogP contribution in [0.1, 0.15) is 63.4 Å². The fraction of sp³-hybridized carbons (Fsp3) is 0.0588. The van der Waals surface area contributed by atoms with Crippen molar-refractivity contribution in [1.29, 1.82) is 0 Å². The Morgan fingerprint density at radius 3 is 1.73 bits per heavy atom. The number of fused-ring (bicyclic) bond motifs is 10. The van der Waals surface area contributed by atoms with Crippen molar-refractivity contribution in [3.8, 4) is 44.5 Å². The van der Waals surface area contributed by atoms with E-state index in [0.29, 0.717) is 0 Å². The van der Waals surface area contributed by atoms with Crippen LogP contribution in [-0.4, -0.2) is 0 Å². The predicted octanol–water partition coefficient (Wildman–Crippen LogP) is 14.4. The molecule has 0 fully saturated rings. The minimum Gasteiger partial charge on any atom is -0.455 e. The zero-order valence-electron chi connectivity index (χ0n) is 54.9. The highest BCUT2D eigenvalue weighted by molar-refractivity contribution is 6.23. The summed E-state index contributed by atoms with van der Waals surface area (Å²) in [7, 11) is 0. The van der Waals surface area contributed by atoms with Crippen LogP contribution in [0.4, 0.5) is 0 Å². The Hall–Kier alpha value is -6.44. The standard InChI is InChI=1S/C51H34O/c1-51(2)45-21-10-9-16-37(45)43-29-33(23-26-46(43)51)32-13-11-14-34(28-32)48-38-17-5-7-19-40(38)49(41-20-8-6-18-39(41)48)35-24-27-47-44(30-35)42-25-22-31-12-3-4-15-36(31)50(42)52-47/h3-30H,1-2H3/i3D,4D,5D,6D,7D,8D,9D,10D,11D,12D,13D,14D,15D,16D,17D,18D,19D,20D,21D,22D,23D,24D,25D,26D,27D,28D,29D,30D. The Morgan fingerprint density at radius 2 is 0.981 bits per heavy atom. The van der Waals surface area contributed by atoms with Gasteiger partial charge < -0.3 is 4.42 Å². The third kappa shape index (κ3) is 4.11. The third-order valence-corrected chi connectivity index (χ3v) is 9.44. The Balaban J connectivity index is 1.36. The normalized spacial score (nSPS) is 20.9. The third-order valence-electron chi connectivity index (χ3n) is 9.44. The van der Waals surface area contributed by atoms with Crippen LogP contribution in [0.15, 0.2) is 174 Å². The van der Waals surface area contributed by atoms with E-state index in [4.69, 9.17) is 23.6 Å². The zero-order chi connectivity index (χ0) is 58.9. The molecule has 1 aliphatic carbocycles. The predicted molar refractivity (Wildman–Crippen MR) is 220 cm³/mol. The van der Waals surface area contributed by atoms with Crippen LogP contribution in [0.3, 0.4) is 0 Å². The minimum absolute atomic E-state index is 0.0196. The van der Waals surface area contributed by atoms with E-state index in [1.165, 1.54) is 13.8 Å². The fourth-order valence-corrected chi connectivity index (χ4v) is 7.04. The van der Waals surface area contributed by atoms with Gasteiger partial charge in [0.05, 0.1) is 38.4 Å². The van der Waals surface area contributed by atoms with E-state index in [9.17, 15) is 19.2 Å². The second-order valence-electron chi connectivity index (χ2n) is 12.6. The first-order chi connectivity index (χ1) is 37.2. The average molecular weight is 691 g/mol. The molecule has 1 heteroatoms. The average Bonchev–Trinajstić information content (AvgIpc) is 3.95. The SMILES string of the molecule is [2H]c1c([2H])c(-c2c([2H])c([2H])c3c(c2[2H])-c2c([2H])c([2H])c([2H])c([2H])c2C3(C)C)c([2H])c(-c2c3c([2H])c([2H])c([2H])c([2H])c3c(-c3c([2H])c([2H])c4oc5c6c([2H])c([2H])c([2H])c([2H])c6c([2H])c([2H])c5c4c3[2H])c3c([2H])c([2H])c([2H])c([2H])c23)c1[2H]. The second-order valence-corrected chi connectivity index (χ2v) is 12.6. The summed E-state index contributed by atoms with van der Waals surface area (Å²) in [5, 5.41) is -4.85. The molecule has 0 saturated heterocycles. The van der Waals surface area contributed by atoms with Crippen molar-refractivity contribution in [2.75, 3.05) is 0 Å². The molecule has 0 atom stereocenters. The van der Waals surface area contributed by atoms with Gasteiger partial charge in [-0.1, -0.05) is 153 Å². The van der Waals surface area contributed by atoms with Gasteiger partial charge in [0, 0.05) is 21.6 Å². The van der Waals surface area contributed by atoms with E-state index in [1.807, 2.05) is 0 Å². The summed E-state index contributed by atoms with van der Waals surface area (Å²) in [5.74, 6) is 0. The summed E-state index contributed by atoms with van der Waals surface area (Å²) in [6.45, 7) is 3.06. The van der Waals surface area contributed by atoms with E-state index in [-0.39, 0.29) is 22.3 Å². The zero-order valence-corrected chi connectivity index (χ0v) is 26.9. The molecule has 1 heterocycles. The molecule has 1 nitrogen and oxygen atoms in total. The Morgan fingerprint density at radius 1 is 0.404 bits per heavy atom. The Kier molecular flexibility index (Phi) is 2.69. The summed E-state index contributed by atoms with van der Waals surface area (Å²) >= 11 is 0. The molecule has 0 bridgehead atoms. The van der Waals surface area contributed by atoms with Gasteiger partial charge in [-0.25, -0.2) is 0 Å². The first kappa shape index (κ1) is 13.0. The van der Waals surface area contributed by atoms with Crippen molar-refractivity contribution in [3.63, 3.8) is 0 Å². The maximum Gasteiger partial charge on any atom is 0.143 e. The molecule has 1 aliphatic rings. The van der Waals surface area contributed by atoms with Gasteiger partial charge in [0.25, 0.3) is 0 Å². The molecule has 0 N–H and O–H groups in total. The summed E-state index contributed by atoms with van der Waals surface area (Å²) in [4.78, 5) is 0. The van der Waals surface area contributed by atoms with Crippen molar-refractivity contribution < 1.29 is 42.8 Å². The summed E-state index contributed by atoms with van der Waals surface area (Å²) in [6.07, 6.45) is 0. The van der Waals surface area contributed by atoms with Crippen molar-refractivity contribution >= 4 is 54.3 Å². The molecule has 11 rings (SSSR count). The van der Waals surface area contributed by atoms with Gasteiger partial charge >= 0.3 is 0 Å². The molecule has 1 aromatic heterocycles. The van der Waals surface area contributed by atoms with Crippen LogP contribution in [0.5, 0.6) is 0 Å². The van der Waals surface area contributed by atoms with E-state index in [0.717, 1.165) is 0 Å². The quantitative estimate of drug-likeness (QED) is 0.168. The van der Waals surface area contributed by atoms with E-state index >= 15 is 0 Å². The molecule has 0 spiro atoms. The van der Waals surface area contributed by atoms with Crippen LogP contribution < -0.4 is 0 Å². The van der Waals surface area contributed by atoms with Crippen LogP contribution in [0.2, 0.25) is 0 Å². The van der Waals surface area contributed by atoms with Gasteiger partial charge in [0.2, 0.25) is 0 Å². The van der Waals surface area contributed by atoms with Crippen LogP contribution in [0, 0.1) is 0 Å². The lowest BCUT2D eigenvalue weighted by Gasteiger charge is -2.21. The Bertz CT molecular complexity index is 4630. The molecule has 0 unspecified atom stereocenters. The molecule has 10 aromatic rings. The highest BCUT2D eigenvalue weighted by Crippen LogP contribution is 2.50. The highest BCUT2D eigenvalue weighted by Gasteiger charge is 2.35. The van der Waals surface area contributed by atoms with Gasteiger partial charge in [-0.15, -0.1) is 0 Å². The molecule has 52 heavy (non-hydrogen) atoms. The summed E-state index contributed by atoms with van der Waals surface area (Å²) in [5.41, 5.74) is -7.74. The van der Waals surface area contributed by atoms with Gasteiger partial charge in [0.15, 0.2) is 0 Å². The summed E-state index contributed by atoms with van der Waals surface area (Å²) in [6, 6.07) is -24.0. The van der Waals surface area contributed by atoms with Crippen LogP contribution in [0.25, 0.3) is 98.8 Å². The van der Waals surface area contributed by atoms with Gasteiger partial charge in [-0.05, 0) is 113 Å². The molecular weight excluding hydrogens is 629 g/mol. The highest BCUT2D eigenvalue weighted by atomic mass is 16.3. The number of hydrogen-bond acceptors (Lipinski definition) is 1. The van der Waals surface area contributed by atoms with Crippen LogP contribution in [-0.2, 0) is 5.41 Å². The lowest BCUT2D eigenvalue weighted by Crippen LogP contribution is -2.14. The number of hydrogen-bond donors (Lipinski definition) is 0. The number of benzene rings is 9. The van der Waals surface area contributed by atoms with Crippen molar-refractivity contribution in [2.24, 2.45) is 0 Å². The topological polar surface area (TPSA) is 13.1 Å². The first-order valence-electron chi connectivity index (χ1n) is 29.9. The van der Waals surface area contributed by atoms with Gasteiger partial charge in [0.1, 0.15) is 11.2 Å². The second kappa shape index (κ2) is 10.8. The molecular formula is C51H34O. The molecule has 0 saturated carbocycles. The molecule has 0 amide bonds. The lowest BCUT2D eigenvalue weighted by molar-refractivity contribution is 0.660. The first-order valence-corrected chi connectivity index (χ1v) is 15.9. The van der Waals surface area contributed by atoms with Gasteiger partial charge in [-0.2, -0.15) is 0 Å². The molecule has 244 valence electrons. The van der Waals surface area contributed by atoms with Crippen molar-refractivity contribution in [1.82, 2.24) is 0 Å². The smallest absolute Gasteiger partial charge is 0.143 e. The van der Waals surface area contributed by atoms with E-state index in [1.54, 1.807) is 0 Å². The lowest BCUT2D eigenvalue weighted by atomic mass is 9.82. The maximum atomic E-state index is 9.99. The van der Waals surface area contributed by atoms with Crippen molar-refractivity contribution in [2.45, 2.75) is 19.3 Å². The molecule has 0 radical (unpaired) electrons. The largest absolute Gasteiger partial charge is 0.455 e. The Labute approximate surface area is 341 Å². The maximum absolute atomic E-state index is 9.99. The minimum atomic E-state index is -1.44. The summed E-state index contributed by atoms with van der Waals surface area (Å²) < 4.78 is 262.